The fraction of sp³-hybridized carbons (Fsp3) is 0.389. The van der Waals surface area contributed by atoms with Gasteiger partial charge in [0.25, 0.3) is 0 Å². The summed E-state index contributed by atoms with van der Waals surface area (Å²) in [4.78, 5) is 14.6. The molecule has 0 spiro atoms. The lowest BCUT2D eigenvalue weighted by molar-refractivity contribution is -0.120. The Morgan fingerprint density at radius 1 is 1.22 bits per heavy atom. The highest BCUT2D eigenvalue weighted by Crippen LogP contribution is 2.24. The molecule has 122 valence electrons. The Hall–Kier alpha value is -1.78. The van der Waals surface area contributed by atoms with Crippen molar-refractivity contribution >= 4 is 17.5 Å². The first kappa shape index (κ1) is 16.1. The number of likely N-dealkylation sites (tertiary alicyclic amines) is 1. The molecule has 1 atom stereocenters. The van der Waals surface area contributed by atoms with Crippen molar-refractivity contribution in [3.8, 4) is 0 Å². The van der Waals surface area contributed by atoms with Gasteiger partial charge in [-0.15, -0.1) is 0 Å². The number of nitrogens with one attached hydrogen (secondary N) is 1. The summed E-state index contributed by atoms with van der Waals surface area (Å²) < 4.78 is 5.56. The largest absolute Gasteiger partial charge is 0.468 e. The van der Waals surface area contributed by atoms with Crippen LogP contribution in [0.5, 0.6) is 0 Å². The van der Waals surface area contributed by atoms with E-state index in [4.69, 9.17) is 16.0 Å². The molecule has 1 unspecified atom stereocenters. The predicted octanol–water partition coefficient (Wildman–Crippen LogP) is 3.43. The van der Waals surface area contributed by atoms with Crippen LogP contribution >= 0.6 is 11.6 Å². The van der Waals surface area contributed by atoms with Crippen molar-refractivity contribution in [3.63, 3.8) is 0 Å². The van der Waals surface area contributed by atoms with Crippen molar-refractivity contribution in [2.75, 3.05) is 19.6 Å². The highest BCUT2D eigenvalue weighted by Gasteiger charge is 2.25. The summed E-state index contributed by atoms with van der Waals surface area (Å²) in [6.45, 7) is 2.68. The number of benzene rings is 1. The maximum atomic E-state index is 12.2. The van der Waals surface area contributed by atoms with Gasteiger partial charge < -0.3 is 9.73 Å². The standard InChI is InChI=1S/C18H21ClN2O2/c19-15-7-5-14(6-8-15)12-18(22)20-13-16(17-4-3-11-23-17)21-9-1-2-10-21/h3-8,11,16H,1-2,9-10,12-13H2,(H,20,22). The molecule has 2 aromatic rings. The van der Waals surface area contributed by atoms with Crippen molar-refractivity contribution in [1.82, 2.24) is 10.2 Å². The summed E-state index contributed by atoms with van der Waals surface area (Å²) >= 11 is 5.86. The summed E-state index contributed by atoms with van der Waals surface area (Å²) in [6, 6.07) is 11.4. The molecule has 0 radical (unpaired) electrons. The number of amides is 1. The van der Waals surface area contributed by atoms with Crippen LogP contribution in [0.15, 0.2) is 47.1 Å². The summed E-state index contributed by atoms with van der Waals surface area (Å²) in [5.74, 6) is 0.932. The van der Waals surface area contributed by atoms with Crippen LogP contribution in [-0.4, -0.2) is 30.4 Å². The predicted molar refractivity (Wildman–Crippen MR) is 90.4 cm³/mol. The molecule has 0 saturated carbocycles. The highest BCUT2D eigenvalue weighted by molar-refractivity contribution is 6.30. The number of hydrogen-bond acceptors (Lipinski definition) is 3. The van der Waals surface area contributed by atoms with Crippen LogP contribution in [0, 0.1) is 0 Å². The molecule has 1 saturated heterocycles. The van der Waals surface area contributed by atoms with Crippen LogP contribution < -0.4 is 5.32 Å². The van der Waals surface area contributed by atoms with Gasteiger partial charge in [0.15, 0.2) is 0 Å². The summed E-state index contributed by atoms with van der Waals surface area (Å²) in [6.07, 6.45) is 4.46. The smallest absolute Gasteiger partial charge is 0.224 e. The first-order chi connectivity index (χ1) is 11.2. The molecule has 1 aliphatic rings. The average Bonchev–Trinajstić information content (AvgIpc) is 3.24. The zero-order valence-electron chi connectivity index (χ0n) is 13.0. The lowest BCUT2D eigenvalue weighted by Crippen LogP contribution is -2.37. The fourth-order valence-electron chi connectivity index (χ4n) is 3.00. The maximum absolute atomic E-state index is 12.2. The van der Waals surface area contributed by atoms with Crippen LogP contribution in [0.1, 0.15) is 30.2 Å². The Morgan fingerprint density at radius 3 is 2.61 bits per heavy atom. The van der Waals surface area contributed by atoms with E-state index in [9.17, 15) is 4.79 Å². The van der Waals surface area contributed by atoms with Gasteiger partial charge in [-0.3, -0.25) is 9.69 Å². The summed E-state index contributed by atoms with van der Waals surface area (Å²) in [5, 5.41) is 3.72. The Kier molecular flexibility index (Phi) is 5.36. The molecule has 1 N–H and O–H groups in total. The van der Waals surface area contributed by atoms with E-state index < -0.39 is 0 Å². The molecule has 5 heteroatoms. The molecule has 1 aromatic heterocycles. The third-order valence-corrected chi connectivity index (χ3v) is 4.48. The number of halogens is 1. The molecule has 1 aromatic carbocycles. The first-order valence-electron chi connectivity index (χ1n) is 8.01. The minimum atomic E-state index is 0.0167. The van der Waals surface area contributed by atoms with Crippen molar-refractivity contribution < 1.29 is 9.21 Å². The molecule has 2 heterocycles. The number of hydrogen-bond donors (Lipinski definition) is 1. The molecule has 3 rings (SSSR count). The lowest BCUT2D eigenvalue weighted by Gasteiger charge is -2.26. The van der Waals surface area contributed by atoms with Gasteiger partial charge >= 0.3 is 0 Å². The molecule has 0 aliphatic carbocycles. The van der Waals surface area contributed by atoms with Gasteiger partial charge in [0.1, 0.15) is 5.76 Å². The van der Waals surface area contributed by atoms with Crippen LogP contribution in [0.25, 0.3) is 0 Å². The second-order valence-corrected chi connectivity index (χ2v) is 6.32. The van der Waals surface area contributed by atoms with Crippen molar-refractivity contribution in [2.45, 2.75) is 25.3 Å². The summed E-state index contributed by atoms with van der Waals surface area (Å²) in [5.41, 5.74) is 0.961. The normalized spacial score (nSPS) is 16.4. The minimum Gasteiger partial charge on any atom is -0.468 e. The highest BCUT2D eigenvalue weighted by atomic mass is 35.5. The van der Waals surface area contributed by atoms with Gasteiger partial charge in [-0.2, -0.15) is 0 Å². The second kappa shape index (κ2) is 7.66. The van der Waals surface area contributed by atoms with Crippen LogP contribution in [0.2, 0.25) is 5.02 Å². The van der Waals surface area contributed by atoms with Crippen LogP contribution in [0.3, 0.4) is 0 Å². The van der Waals surface area contributed by atoms with E-state index in [2.05, 4.69) is 10.2 Å². The Balaban J connectivity index is 1.57. The molecular weight excluding hydrogens is 312 g/mol. The third-order valence-electron chi connectivity index (χ3n) is 4.22. The van der Waals surface area contributed by atoms with Gasteiger partial charge in [0.05, 0.1) is 18.7 Å². The molecule has 4 nitrogen and oxygen atoms in total. The zero-order valence-corrected chi connectivity index (χ0v) is 13.8. The van der Waals surface area contributed by atoms with Gasteiger partial charge in [-0.1, -0.05) is 23.7 Å². The topological polar surface area (TPSA) is 45.5 Å². The third kappa shape index (κ3) is 4.36. The van der Waals surface area contributed by atoms with E-state index in [1.807, 2.05) is 24.3 Å². The van der Waals surface area contributed by atoms with E-state index in [0.717, 1.165) is 24.4 Å². The number of rotatable bonds is 6. The van der Waals surface area contributed by atoms with Gasteiger partial charge in [0.2, 0.25) is 5.91 Å². The van der Waals surface area contributed by atoms with E-state index in [0.29, 0.717) is 18.0 Å². The van der Waals surface area contributed by atoms with E-state index >= 15 is 0 Å². The maximum Gasteiger partial charge on any atom is 0.224 e. The van der Waals surface area contributed by atoms with E-state index in [1.54, 1.807) is 18.4 Å². The van der Waals surface area contributed by atoms with E-state index in [1.165, 1.54) is 12.8 Å². The van der Waals surface area contributed by atoms with Crippen molar-refractivity contribution in [1.29, 1.82) is 0 Å². The Labute approximate surface area is 141 Å². The van der Waals surface area contributed by atoms with Crippen LogP contribution in [0.4, 0.5) is 0 Å². The SMILES string of the molecule is O=C(Cc1ccc(Cl)cc1)NCC(c1ccco1)N1CCCC1. The zero-order chi connectivity index (χ0) is 16.1. The molecule has 1 aliphatic heterocycles. The number of carbonyl (C=O) groups is 1. The fourth-order valence-corrected chi connectivity index (χ4v) is 3.13. The molecule has 1 amide bonds. The monoisotopic (exact) mass is 332 g/mol. The Morgan fingerprint density at radius 2 is 1.96 bits per heavy atom. The second-order valence-electron chi connectivity index (χ2n) is 5.88. The van der Waals surface area contributed by atoms with Gasteiger partial charge in [0, 0.05) is 11.6 Å². The van der Waals surface area contributed by atoms with E-state index in [-0.39, 0.29) is 11.9 Å². The van der Waals surface area contributed by atoms with Crippen LogP contribution in [-0.2, 0) is 11.2 Å². The summed E-state index contributed by atoms with van der Waals surface area (Å²) in [7, 11) is 0. The molecular formula is C18H21ClN2O2. The quantitative estimate of drug-likeness (QED) is 0.881. The van der Waals surface area contributed by atoms with Gasteiger partial charge in [-0.05, 0) is 55.8 Å². The van der Waals surface area contributed by atoms with Gasteiger partial charge in [-0.25, -0.2) is 0 Å². The molecule has 0 bridgehead atoms. The Bertz CT molecular complexity index is 619. The minimum absolute atomic E-state index is 0.0167. The lowest BCUT2D eigenvalue weighted by atomic mass is 10.1. The number of nitrogens with zero attached hydrogens (tertiary/aromatic N) is 1. The number of furan rings is 1. The van der Waals surface area contributed by atoms with Crippen molar-refractivity contribution in [2.24, 2.45) is 0 Å². The van der Waals surface area contributed by atoms with Crippen molar-refractivity contribution in [3.05, 3.63) is 59.0 Å². The first-order valence-corrected chi connectivity index (χ1v) is 8.39. The number of carbonyl (C=O) groups excluding carboxylic acids is 1. The molecule has 23 heavy (non-hydrogen) atoms. The molecule has 1 fully saturated rings. The average molecular weight is 333 g/mol.